The van der Waals surface area contributed by atoms with Crippen molar-refractivity contribution in [2.24, 2.45) is 5.73 Å². The lowest BCUT2D eigenvalue weighted by atomic mass is 10.3. The molecule has 0 saturated heterocycles. The molecule has 1 aromatic carbocycles. The highest BCUT2D eigenvalue weighted by atomic mass is 32.1. The number of carbonyl (C=O) groups excluding carboxylic acids is 1. The number of carbonyl (C=O) groups is 1. The van der Waals surface area contributed by atoms with Gasteiger partial charge >= 0.3 is 0 Å². The van der Waals surface area contributed by atoms with Gasteiger partial charge in [-0.2, -0.15) is 0 Å². The topological polar surface area (TPSA) is 67.6 Å². The number of hydrogen-bond acceptors (Lipinski definition) is 4. The van der Waals surface area contributed by atoms with E-state index in [-0.39, 0.29) is 5.91 Å². The fourth-order valence-electron chi connectivity index (χ4n) is 2.21. The SMILES string of the molecule is COc1ccccc1NC(=O)CN(CCC(N)=S)C1CC1. The molecule has 114 valence electrons. The van der Waals surface area contributed by atoms with Crippen LogP contribution in [0.5, 0.6) is 5.75 Å². The van der Waals surface area contributed by atoms with Gasteiger partial charge in [0.2, 0.25) is 5.91 Å². The van der Waals surface area contributed by atoms with Crippen LogP contribution >= 0.6 is 12.2 Å². The highest BCUT2D eigenvalue weighted by Gasteiger charge is 2.30. The summed E-state index contributed by atoms with van der Waals surface area (Å²) in [6.07, 6.45) is 2.92. The molecule has 0 bridgehead atoms. The number of rotatable bonds is 8. The molecule has 21 heavy (non-hydrogen) atoms. The number of nitrogens with two attached hydrogens (primary N) is 1. The number of anilines is 1. The van der Waals surface area contributed by atoms with Crippen LogP contribution in [-0.2, 0) is 4.79 Å². The molecule has 6 heteroatoms. The van der Waals surface area contributed by atoms with E-state index in [9.17, 15) is 4.79 Å². The summed E-state index contributed by atoms with van der Waals surface area (Å²) in [4.78, 5) is 14.8. The van der Waals surface area contributed by atoms with Crippen LogP contribution in [0.3, 0.4) is 0 Å². The molecule has 1 fully saturated rings. The quantitative estimate of drug-likeness (QED) is 0.717. The van der Waals surface area contributed by atoms with Gasteiger partial charge in [0.15, 0.2) is 0 Å². The van der Waals surface area contributed by atoms with Crippen molar-refractivity contribution in [2.45, 2.75) is 25.3 Å². The van der Waals surface area contributed by atoms with E-state index in [1.807, 2.05) is 24.3 Å². The molecule has 1 saturated carbocycles. The van der Waals surface area contributed by atoms with Crippen molar-refractivity contribution in [1.29, 1.82) is 0 Å². The van der Waals surface area contributed by atoms with Crippen LogP contribution in [-0.4, -0.2) is 42.0 Å². The van der Waals surface area contributed by atoms with Crippen molar-refractivity contribution in [2.75, 3.05) is 25.5 Å². The molecule has 0 spiro atoms. The average molecular weight is 307 g/mol. The van der Waals surface area contributed by atoms with Gasteiger partial charge in [0.25, 0.3) is 0 Å². The first-order chi connectivity index (χ1) is 10.1. The first-order valence-corrected chi connectivity index (χ1v) is 7.46. The van der Waals surface area contributed by atoms with Crippen molar-refractivity contribution in [1.82, 2.24) is 4.90 Å². The lowest BCUT2D eigenvalue weighted by Gasteiger charge is -2.21. The van der Waals surface area contributed by atoms with E-state index in [4.69, 9.17) is 22.7 Å². The number of methoxy groups -OCH3 is 1. The number of amides is 1. The van der Waals surface area contributed by atoms with Gasteiger partial charge in [0.1, 0.15) is 5.75 Å². The monoisotopic (exact) mass is 307 g/mol. The van der Waals surface area contributed by atoms with Gasteiger partial charge in [0, 0.05) is 19.0 Å². The smallest absolute Gasteiger partial charge is 0.238 e. The van der Waals surface area contributed by atoms with Gasteiger partial charge in [-0.15, -0.1) is 0 Å². The van der Waals surface area contributed by atoms with E-state index in [0.717, 1.165) is 19.4 Å². The molecule has 0 radical (unpaired) electrons. The molecule has 0 atom stereocenters. The van der Waals surface area contributed by atoms with E-state index >= 15 is 0 Å². The zero-order chi connectivity index (χ0) is 15.2. The summed E-state index contributed by atoms with van der Waals surface area (Å²) in [6.45, 7) is 1.09. The second-order valence-corrected chi connectivity index (χ2v) is 5.69. The maximum Gasteiger partial charge on any atom is 0.238 e. The van der Waals surface area contributed by atoms with Crippen LogP contribution in [0.25, 0.3) is 0 Å². The van der Waals surface area contributed by atoms with E-state index in [1.54, 1.807) is 7.11 Å². The lowest BCUT2D eigenvalue weighted by Crippen LogP contribution is -2.36. The summed E-state index contributed by atoms with van der Waals surface area (Å²) >= 11 is 4.91. The molecule has 5 nitrogen and oxygen atoms in total. The molecule has 2 rings (SSSR count). The number of thiocarbonyl (C=S) groups is 1. The van der Waals surface area contributed by atoms with Crippen LogP contribution in [0.2, 0.25) is 0 Å². The number of hydrogen-bond donors (Lipinski definition) is 2. The predicted molar refractivity (Wildman–Crippen MR) is 87.6 cm³/mol. The van der Waals surface area contributed by atoms with Gasteiger partial charge in [-0.1, -0.05) is 24.4 Å². The largest absolute Gasteiger partial charge is 0.495 e. The fourth-order valence-corrected chi connectivity index (χ4v) is 2.30. The Morgan fingerprint density at radius 2 is 2.19 bits per heavy atom. The highest BCUT2D eigenvalue weighted by Crippen LogP contribution is 2.27. The van der Waals surface area contributed by atoms with Crippen molar-refractivity contribution in [3.8, 4) is 5.75 Å². The zero-order valence-corrected chi connectivity index (χ0v) is 13.0. The number of nitrogens with zero attached hydrogens (tertiary/aromatic N) is 1. The van der Waals surface area contributed by atoms with Gasteiger partial charge < -0.3 is 15.8 Å². The van der Waals surface area contributed by atoms with Crippen molar-refractivity contribution in [3.63, 3.8) is 0 Å². The maximum absolute atomic E-state index is 12.2. The molecule has 0 heterocycles. The van der Waals surface area contributed by atoms with Crippen LogP contribution in [0.4, 0.5) is 5.69 Å². The standard InChI is InChI=1S/C15H21N3O2S/c1-20-13-5-3-2-4-12(13)17-15(19)10-18(11-6-7-11)9-8-14(16)21/h2-5,11H,6-10H2,1H3,(H2,16,21)(H,17,19). The van der Waals surface area contributed by atoms with Gasteiger partial charge in [0.05, 0.1) is 24.3 Å². The third kappa shape index (κ3) is 4.99. The summed E-state index contributed by atoms with van der Waals surface area (Å²) in [5.74, 6) is 0.612. The Kier molecular flexibility index (Phi) is 5.52. The van der Waals surface area contributed by atoms with Crippen LogP contribution in [0, 0.1) is 0 Å². The summed E-state index contributed by atoms with van der Waals surface area (Å²) in [6, 6.07) is 7.87. The highest BCUT2D eigenvalue weighted by molar-refractivity contribution is 7.80. The minimum atomic E-state index is -0.0469. The van der Waals surface area contributed by atoms with Gasteiger partial charge in [-0.25, -0.2) is 0 Å². The summed E-state index contributed by atoms with van der Waals surface area (Å²) in [5.41, 5.74) is 6.23. The molecular formula is C15H21N3O2S. The van der Waals surface area contributed by atoms with Crippen LogP contribution < -0.4 is 15.8 Å². The van der Waals surface area contributed by atoms with E-state index in [0.29, 0.717) is 35.4 Å². The molecule has 0 aliphatic heterocycles. The van der Waals surface area contributed by atoms with E-state index < -0.39 is 0 Å². The molecular weight excluding hydrogens is 286 g/mol. The van der Waals surface area contributed by atoms with Crippen molar-refractivity contribution in [3.05, 3.63) is 24.3 Å². The normalized spacial score (nSPS) is 14.0. The second kappa shape index (κ2) is 7.38. The van der Waals surface area contributed by atoms with Crippen molar-refractivity contribution < 1.29 is 9.53 Å². The first-order valence-electron chi connectivity index (χ1n) is 7.05. The molecule has 1 aliphatic carbocycles. The molecule has 3 N–H and O–H groups in total. The Labute approximate surface area is 130 Å². The average Bonchev–Trinajstić information content (AvgIpc) is 3.28. The van der Waals surface area contributed by atoms with Crippen LogP contribution in [0.1, 0.15) is 19.3 Å². The maximum atomic E-state index is 12.2. The van der Waals surface area contributed by atoms with E-state index in [1.165, 1.54) is 0 Å². The van der Waals surface area contributed by atoms with Crippen molar-refractivity contribution >= 4 is 28.8 Å². The third-order valence-corrected chi connectivity index (χ3v) is 3.64. The fraction of sp³-hybridized carbons (Fsp3) is 0.467. The van der Waals surface area contributed by atoms with Gasteiger partial charge in [-0.05, 0) is 25.0 Å². The molecule has 1 aliphatic rings. The van der Waals surface area contributed by atoms with Gasteiger partial charge in [-0.3, -0.25) is 9.69 Å². The summed E-state index contributed by atoms with van der Waals surface area (Å²) < 4.78 is 5.23. The zero-order valence-electron chi connectivity index (χ0n) is 12.2. The molecule has 0 unspecified atom stereocenters. The lowest BCUT2D eigenvalue weighted by molar-refractivity contribution is -0.117. The molecule has 0 aromatic heterocycles. The number of benzene rings is 1. The predicted octanol–water partition coefficient (Wildman–Crippen LogP) is 1.77. The van der Waals surface area contributed by atoms with E-state index in [2.05, 4.69) is 10.2 Å². The first kappa shape index (κ1) is 15.7. The second-order valence-electron chi connectivity index (χ2n) is 5.17. The Bertz CT molecular complexity index is 517. The molecule has 1 amide bonds. The third-order valence-electron chi connectivity index (χ3n) is 3.44. The number of para-hydroxylation sites is 2. The minimum Gasteiger partial charge on any atom is -0.495 e. The summed E-state index contributed by atoms with van der Waals surface area (Å²) in [7, 11) is 1.59. The Morgan fingerprint density at radius 1 is 1.48 bits per heavy atom. The van der Waals surface area contributed by atoms with Crippen LogP contribution in [0.15, 0.2) is 24.3 Å². The molecule has 1 aromatic rings. The Morgan fingerprint density at radius 3 is 2.81 bits per heavy atom. The Balaban J connectivity index is 1.91. The number of ether oxygens (including phenoxy) is 1. The number of nitrogens with one attached hydrogen (secondary N) is 1. The summed E-state index contributed by atoms with van der Waals surface area (Å²) in [5, 5.41) is 2.89. The Hall–Kier alpha value is -1.66. The minimum absolute atomic E-state index is 0.0469.